The molecule has 17 heavy (non-hydrogen) atoms. The zero-order valence-corrected chi connectivity index (χ0v) is 10.2. The van der Waals surface area contributed by atoms with Crippen molar-refractivity contribution in [3.63, 3.8) is 0 Å². The Hall–Kier alpha value is -1.10. The number of nitrogens with two attached hydrogens (primary N) is 1. The highest BCUT2D eigenvalue weighted by molar-refractivity contribution is 5.89. The van der Waals surface area contributed by atoms with Crippen molar-refractivity contribution in [2.24, 2.45) is 11.7 Å². The topological polar surface area (TPSA) is 75.4 Å². The molecule has 5 nitrogen and oxygen atoms in total. The molecule has 0 radical (unpaired) electrons. The summed E-state index contributed by atoms with van der Waals surface area (Å²) in [6, 6.07) is 0.289. The normalized spacial score (nSPS) is 29.2. The van der Waals surface area contributed by atoms with Gasteiger partial charge >= 0.3 is 0 Å². The molecule has 2 rings (SSSR count). The minimum Gasteiger partial charge on any atom is -0.355 e. The lowest BCUT2D eigenvalue weighted by Gasteiger charge is -2.37. The summed E-state index contributed by atoms with van der Waals surface area (Å²) in [6.07, 6.45) is 4.53. The largest absolute Gasteiger partial charge is 0.355 e. The molecule has 2 unspecified atom stereocenters. The van der Waals surface area contributed by atoms with Gasteiger partial charge in [-0.1, -0.05) is 0 Å². The van der Waals surface area contributed by atoms with Gasteiger partial charge in [-0.25, -0.2) is 0 Å². The zero-order chi connectivity index (χ0) is 12.3. The number of nitrogens with zero attached hydrogens (tertiary/aromatic N) is 1. The van der Waals surface area contributed by atoms with Crippen molar-refractivity contribution in [2.45, 2.75) is 38.1 Å². The van der Waals surface area contributed by atoms with Crippen molar-refractivity contribution in [1.29, 1.82) is 0 Å². The van der Waals surface area contributed by atoms with Crippen LogP contribution in [-0.4, -0.2) is 42.4 Å². The van der Waals surface area contributed by atoms with Gasteiger partial charge in [-0.2, -0.15) is 0 Å². The molecular weight excluding hydrogens is 218 g/mol. The van der Waals surface area contributed by atoms with Crippen molar-refractivity contribution >= 4 is 11.8 Å². The summed E-state index contributed by atoms with van der Waals surface area (Å²) in [5, 5.41) is 2.73. The highest BCUT2D eigenvalue weighted by Gasteiger charge is 2.34. The minimum absolute atomic E-state index is 0.00395. The third-order valence-electron chi connectivity index (χ3n) is 3.74. The third kappa shape index (κ3) is 2.77. The number of piperidine rings is 1. The molecule has 0 aromatic heterocycles. The third-order valence-corrected chi connectivity index (χ3v) is 3.74. The summed E-state index contributed by atoms with van der Waals surface area (Å²) in [7, 11) is 0. The van der Waals surface area contributed by atoms with Gasteiger partial charge in [0.25, 0.3) is 0 Å². The van der Waals surface area contributed by atoms with E-state index in [0.29, 0.717) is 19.5 Å². The van der Waals surface area contributed by atoms with E-state index in [1.807, 2.05) is 4.90 Å². The summed E-state index contributed by atoms with van der Waals surface area (Å²) in [5.41, 5.74) is 5.59. The fourth-order valence-corrected chi connectivity index (χ4v) is 2.80. The molecule has 0 aliphatic carbocycles. The van der Waals surface area contributed by atoms with E-state index in [1.165, 1.54) is 6.42 Å². The first kappa shape index (κ1) is 12.4. The second kappa shape index (κ2) is 5.49. The Labute approximate surface area is 102 Å². The maximum absolute atomic E-state index is 12.3. The summed E-state index contributed by atoms with van der Waals surface area (Å²) in [6.45, 7) is 1.95. The summed E-state index contributed by atoms with van der Waals surface area (Å²) in [5.74, 6) is -0.0156. The predicted molar refractivity (Wildman–Crippen MR) is 64.1 cm³/mol. The van der Waals surface area contributed by atoms with Crippen molar-refractivity contribution < 1.29 is 9.59 Å². The first-order chi connectivity index (χ1) is 8.22. The van der Waals surface area contributed by atoms with Gasteiger partial charge in [-0.3, -0.25) is 9.59 Å². The monoisotopic (exact) mass is 239 g/mol. The highest BCUT2D eigenvalue weighted by atomic mass is 16.2. The Kier molecular flexibility index (Phi) is 3.99. The summed E-state index contributed by atoms with van der Waals surface area (Å²) in [4.78, 5) is 25.4. The van der Waals surface area contributed by atoms with E-state index in [-0.39, 0.29) is 23.8 Å². The van der Waals surface area contributed by atoms with Crippen molar-refractivity contribution in [2.75, 3.05) is 19.6 Å². The van der Waals surface area contributed by atoms with Crippen LogP contribution in [0.15, 0.2) is 0 Å². The van der Waals surface area contributed by atoms with Gasteiger partial charge in [0.05, 0.1) is 5.92 Å². The number of amides is 2. The molecule has 0 aromatic carbocycles. The molecular formula is C12H21N3O2. The Bertz CT molecular complexity index is 304. The van der Waals surface area contributed by atoms with E-state index in [9.17, 15) is 9.59 Å². The van der Waals surface area contributed by atoms with Gasteiger partial charge in [0.2, 0.25) is 11.8 Å². The quantitative estimate of drug-likeness (QED) is 0.719. The average molecular weight is 239 g/mol. The maximum Gasteiger partial charge on any atom is 0.228 e. The molecule has 2 amide bonds. The zero-order valence-electron chi connectivity index (χ0n) is 10.2. The molecule has 2 heterocycles. The lowest BCUT2D eigenvalue weighted by atomic mass is 9.96. The number of nitrogens with one attached hydrogen (secondary N) is 1. The molecule has 2 atom stereocenters. The number of carbonyl (C=O) groups is 2. The number of hydrogen-bond donors (Lipinski definition) is 2. The fraction of sp³-hybridized carbons (Fsp3) is 0.833. The Morgan fingerprint density at radius 1 is 1.47 bits per heavy atom. The molecule has 5 heteroatoms. The van der Waals surface area contributed by atoms with Gasteiger partial charge in [0, 0.05) is 25.6 Å². The highest BCUT2D eigenvalue weighted by Crippen LogP contribution is 2.23. The van der Waals surface area contributed by atoms with E-state index < -0.39 is 0 Å². The van der Waals surface area contributed by atoms with Crippen LogP contribution in [0, 0.1) is 5.92 Å². The average Bonchev–Trinajstić information content (AvgIpc) is 2.76. The van der Waals surface area contributed by atoms with Gasteiger partial charge in [-0.05, 0) is 32.2 Å². The lowest BCUT2D eigenvalue weighted by molar-refractivity contribution is -0.139. The molecule has 2 aliphatic heterocycles. The van der Waals surface area contributed by atoms with Crippen LogP contribution in [0.25, 0.3) is 0 Å². The van der Waals surface area contributed by atoms with Gasteiger partial charge in [0.1, 0.15) is 0 Å². The second-order valence-corrected chi connectivity index (χ2v) is 4.96. The molecule has 0 saturated carbocycles. The lowest BCUT2D eigenvalue weighted by Crippen LogP contribution is -2.47. The van der Waals surface area contributed by atoms with Gasteiger partial charge in [0.15, 0.2) is 0 Å². The van der Waals surface area contributed by atoms with Crippen LogP contribution in [0.1, 0.15) is 32.1 Å². The van der Waals surface area contributed by atoms with E-state index >= 15 is 0 Å². The van der Waals surface area contributed by atoms with E-state index in [1.54, 1.807) is 0 Å². The van der Waals surface area contributed by atoms with Crippen molar-refractivity contribution in [3.8, 4) is 0 Å². The molecule has 0 aromatic rings. The molecule has 2 saturated heterocycles. The van der Waals surface area contributed by atoms with Crippen LogP contribution in [0.4, 0.5) is 0 Å². The smallest absolute Gasteiger partial charge is 0.228 e. The van der Waals surface area contributed by atoms with Crippen LogP contribution >= 0.6 is 0 Å². The molecule has 2 aliphatic rings. The van der Waals surface area contributed by atoms with Crippen LogP contribution in [0.5, 0.6) is 0 Å². The molecule has 96 valence electrons. The SMILES string of the molecule is NCCC1CCCCN1C(=O)C1CNC(=O)C1. The summed E-state index contributed by atoms with van der Waals surface area (Å²) < 4.78 is 0. The first-order valence-electron chi connectivity index (χ1n) is 6.49. The fourth-order valence-electron chi connectivity index (χ4n) is 2.80. The number of carbonyl (C=O) groups excluding carboxylic acids is 2. The number of hydrogen-bond acceptors (Lipinski definition) is 3. The van der Waals surface area contributed by atoms with Crippen molar-refractivity contribution in [3.05, 3.63) is 0 Å². The standard InChI is InChI=1S/C12H21N3O2/c13-5-4-10-3-1-2-6-15(10)12(17)9-7-11(16)14-8-9/h9-10H,1-8,13H2,(H,14,16). The second-order valence-electron chi connectivity index (χ2n) is 4.96. The Balaban J connectivity index is 1.98. The first-order valence-corrected chi connectivity index (χ1v) is 6.49. The minimum atomic E-state index is -0.152. The van der Waals surface area contributed by atoms with E-state index in [4.69, 9.17) is 5.73 Å². The molecule has 2 fully saturated rings. The van der Waals surface area contributed by atoms with Crippen LogP contribution in [-0.2, 0) is 9.59 Å². The maximum atomic E-state index is 12.3. The number of rotatable bonds is 3. The van der Waals surface area contributed by atoms with Gasteiger partial charge < -0.3 is 16.0 Å². The summed E-state index contributed by atoms with van der Waals surface area (Å²) >= 11 is 0. The van der Waals surface area contributed by atoms with Crippen LogP contribution in [0.3, 0.4) is 0 Å². The van der Waals surface area contributed by atoms with Crippen molar-refractivity contribution in [1.82, 2.24) is 10.2 Å². The molecule has 0 bridgehead atoms. The van der Waals surface area contributed by atoms with Crippen LogP contribution < -0.4 is 11.1 Å². The van der Waals surface area contributed by atoms with E-state index in [2.05, 4.69) is 5.32 Å². The Morgan fingerprint density at radius 3 is 2.94 bits per heavy atom. The van der Waals surface area contributed by atoms with Gasteiger partial charge in [-0.15, -0.1) is 0 Å². The Morgan fingerprint density at radius 2 is 2.29 bits per heavy atom. The predicted octanol–water partition coefficient (Wildman–Crippen LogP) is -0.148. The van der Waals surface area contributed by atoms with E-state index in [0.717, 1.165) is 25.8 Å². The molecule has 0 spiro atoms. The number of likely N-dealkylation sites (tertiary alicyclic amines) is 1. The van der Waals surface area contributed by atoms with Crippen LogP contribution in [0.2, 0.25) is 0 Å². The molecule has 3 N–H and O–H groups in total.